The van der Waals surface area contributed by atoms with Gasteiger partial charge in [-0.2, -0.15) is 4.37 Å². The molecule has 24 heavy (non-hydrogen) atoms. The van der Waals surface area contributed by atoms with Gasteiger partial charge in [-0.3, -0.25) is 0 Å². The second-order valence-corrected chi connectivity index (χ2v) is 8.13. The number of fused-ring (bicyclic) bond motifs is 1. The Morgan fingerprint density at radius 2 is 1.83 bits per heavy atom. The molecule has 0 bridgehead atoms. The van der Waals surface area contributed by atoms with Crippen molar-refractivity contribution in [2.45, 2.75) is 64.0 Å². The van der Waals surface area contributed by atoms with E-state index in [4.69, 9.17) is 11.6 Å². The van der Waals surface area contributed by atoms with Crippen molar-refractivity contribution in [3.63, 3.8) is 0 Å². The van der Waals surface area contributed by atoms with Crippen LogP contribution in [0.1, 0.15) is 50.6 Å². The van der Waals surface area contributed by atoms with Crippen molar-refractivity contribution in [1.82, 2.24) is 19.2 Å². The third-order valence-electron chi connectivity index (χ3n) is 5.42. The molecule has 3 heterocycles. The van der Waals surface area contributed by atoms with Gasteiger partial charge < -0.3 is 10.2 Å². The van der Waals surface area contributed by atoms with Gasteiger partial charge in [-0.05, 0) is 81.7 Å². The molecule has 0 aromatic carbocycles. The number of nitrogens with zero attached hydrogens (tertiary/aromatic N) is 4. The number of aromatic nitrogens is 3. The minimum atomic E-state index is 0.302. The second-order valence-electron chi connectivity index (χ2n) is 7.04. The van der Waals surface area contributed by atoms with Crippen LogP contribution in [0.4, 0.5) is 5.82 Å². The lowest BCUT2D eigenvalue weighted by Crippen LogP contribution is -2.43. The largest absolute Gasteiger partial charge is 0.367 e. The molecule has 2 aromatic rings. The summed E-state index contributed by atoms with van der Waals surface area (Å²) in [7, 11) is 0. The molecule has 1 saturated heterocycles. The van der Waals surface area contributed by atoms with E-state index >= 15 is 0 Å². The Labute approximate surface area is 152 Å². The molecule has 1 saturated carbocycles. The first-order valence-electron chi connectivity index (χ1n) is 9.01. The van der Waals surface area contributed by atoms with Crippen molar-refractivity contribution in [3.8, 4) is 0 Å². The van der Waals surface area contributed by atoms with Crippen LogP contribution in [-0.4, -0.2) is 44.4 Å². The van der Waals surface area contributed by atoms with E-state index in [9.17, 15) is 0 Å². The van der Waals surface area contributed by atoms with Crippen LogP contribution >= 0.6 is 23.1 Å². The van der Waals surface area contributed by atoms with Crippen LogP contribution < -0.4 is 5.32 Å². The molecule has 5 nitrogen and oxygen atoms in total. The summed E-state index contributed by atoms with van der Waals surface area (Å²) in [5.41, 5.74) is 0.983. The Bertz CT molecular complexity index is 704. The predicted molar refractivity (Wildman–Crippen MR) is 100 cm³/mol. The highest BCUT2D eigenvalue weighted by Crippen LogP contribution is 2.32. The normalized spacial score (nSPS) is 25.9. The topological polar surface area (TPSA) is 53.9 Å². The van der Waals surface area contributed by atoms with Gasteiger partial charge in [0.15, 0.2) is 4.83 Å². The molecule has 1 aliphatic carbocycles. The summed E-state index contributed by atoms with van der Waals surface area (Å²) in [5.74, 6) is 0.859. The van der Waals surface area contributed by atoms with Crippen LogP contribution in [-0.2, 0) is 0 Å². The Morgan fingerprint density at radius 3 is 2.58 bits per heavy atom. The summed E-state index contributed by atoms with van der Waals surface area (Å²) in [4.78, 5) is 12.3. The fourth-order valence-corrected chi connectivity index (χ4v) is 5.13. The Hall–Kier alpha value is -0.980. The molecule has 2 aliphatic rings. The van der Waals surface area contributed by atoms with E-state index in [1.54, 1.807) is 0 Å². The average Bonchev–Trinajstić information content (AvgIpc) is 2.97. The van der Waals surface area contributed by atoms with E-state index < -0.39 is 0 Å². The third-order valence-corrected chi connectivity index (χ3v) is 6.43. The first kappa shape index (κ1) is 16.5. The van der Waals surface area contributed by atoms with Gasteiger partial charge in [0.25, 0.3) is 0 Å². The van der Waals surface area contributed by atoms with Crippen LogP contribution in [0.25, 0.3) is 10.2 Å². The highest BCUT2D eigenvalue weighted by Gasteiger charge is 2.27. The standard InChI is InChI=1S/C17H24ClN5S/c1-11-14-15(20-17(18)21-16(14)24-22-11)19-12-5-7-13(8-6-12)23-9-3-2-4-10-23/h12-13H,2-10H2,1H3,(H,19,20,21). The molecule has 0 atom stereocenters. The zero-order valence-corrected chi connectivity index (χ0v) is 15.7. The van der Waals surface area contributed by atoms with Gasteiger partial charge in [-0.15, -0.1) is 0 Å². The first-order valence-corrected chi connectivity index (χ1v) is 10.2. The van der Waals surface area contributed by atoms with Gasteiger partial charge in [0.2, 0.25) is 5.28 Å². The van der Waals surface area contributed by atoms with Crippen molar-refractivity contribution in [2.75, 3.05) is 18.4 Å². The number of likely N-dealkylation sites (tertiary alicyclic amines) is 1. The molecule has 0 spiro atoms. The number of anilines is 1. The lowest BCUT2D eigenvalue weighted by atomic mass is 9.89. The van der Waals surface area contributed by atoms with Crippen molar-refractivity contribution in [3.05, 3.63) is 11.0 Å². The van der Waals surface area contributed by atoms with Crippen LogP contribution in [0.15, 0.2) is 0 Å². The number of hydrogen-bond acceptors (Lipinski definition) is 6. The van der Waals surface area contributed by atoms with Crippen LogP contribution in [0.2, 0.25) is 5.28 Å². The molecule has 0 unspecified atom stereocenters. The number of hydrogen-bond donors (Lipinski definition) is 1. The van der Waals surface area contributed by atoms with Crippen molar-refractivity contribution >= 4 is 39.2 Å². The molecular weight excluding hydrogens is 342 g/mol. The van der Waals surface area contributed by atoms with Crippen LogP contribution in [0.5, 0.6) is 0 Å². The van der Waals surface area contributed by atoms with Gasteiger partial charge in [-0.1, -0.05) is 6.42 Å². The lowest BCUT2D eigenvalue weighted by Gasteiger charge is -2.39. The van der Waals surface area contributed by atoms with E-state index in [0.29, 0.717) is 11.3 Å². The van der Waals surface area contributed by atoms with E-state index in [1.807, 2.05) is 6.92 Å². The summed E-state index contributed by atoms with van der Waals surface area (Å²) in [6.07, 6.45) is 9.11. The summed E-state index contributed by atoms with van der Waals surface area (Å²) in [5, 5.41) is 4.96. The Balaban J connectivity index is 1.43. The molecule has 0 amide bonds. The minimum Gasteiger partial charge on any atom is -0.367 e. The Kier molecular flexibility index (Phi) is 4.88. The smallest absolute Gasteiger partial charge is 0.225 e. The maximum atomic E-state index is 6.09. The maximum absolute atomic E-state index is 6.09. The van der Waals surface area contributed by atoms with Gasteiger partial charge >= 0.3 is 0 Å². The number of piperidine rings is 1. The van der Waals surface area contributed by atoms with Gasteiger partial charge in [0.1, 0.15) is 5.82 Å². The van der Waals surface area contributed by atoms with E-state index in [2.05, 4.69) is 24.6 Å². The highest BCUT2D eigenvalue weighted by atomic mass is 35.5. The van der Waals surface area contributed by atoms with E-state index in [1.165, 1.54) is 69.6 Å². The van der Waals surface area contributed by atoms with E-state index in [0.717, 1.165) is 27.8 Å². The molecule has 1 N–H and O–H groups in total. The van der Waals surface area contributed by atoms with Crippen LogP contribution in [0.3, 0.4) is 0 Å². The van der Waals surface area contributed by atoms with Gasteiger partial charge in [0.05, 0.1) is 11.1 Å². The van der Waals surface area contributed by atoms with Crippen molar-refractivity contribution in [1.29, 1.82) is 0 Å². The number of aryl methyl sites for hydroxylation is 1. The fourth-order valence-electron chi connectivity index (χ4n) is 4.13. The average molecular weight is 366 g/mol. The zero-order chi connectivity index (χ0) is 16.5. The Morgan fingerprint density at radius 1 is 1.08 bits per heavy atom. The minimum absolute atomic E-state index is 0.302. The molecular formula is C17H24ClN5S. The monoisotopic (exact) mass is 365 g/mol. The summed E-state index contributed by atoms with van der Waals surface area (Å²) < 4.78 is 4.40. The second kappa shape index (κ2) is 7.10. The summed E-state index contributed by atoms with van der Waals surface area (Å²) in [6.45, 7) is 4.60. The third kappa shape index (κ3) is 3.37. The van der Waals surface area contributed by atoms with Crippen molar-refractivity contribution < 1.29 is 0 Å². The molecule has 1 aliphatic heterocycles. The lowest BCUT2D eigenvalue weighted by molar-refractivity contribution is 0.127. The molecule has 0 radical (unpaired) electrons. The predicted octanol–water partition coefficient (Wildman–Crippen LogP) is 4.26. The molecule has 7 heteroatoms. The highest BCUT2D eigenvalue weighted by molar-refractivity contribution is 7.13. The molecule has 2 aromatic heterocycles. The van der Waals surface area contributed by atoms with Crippen molar-refractivity contribution in [2.24, 2.45) is 0 Å². The molecule has 130 valence electrons. The zero-order valence-electron chi connectivity index (χ0n) is 14.1. The van der Waals surface area contributed by atoms with E-state index in [-0.39, 0.29) is 0 Å². The quantitative estimate of drug-likeness (QED) is 0.823. The summed E-state index contributed by atoms with van der Waals surface area (Å²) in [6, 6.07) is 1.25. The summed E-state index contributed by atoms with van der Waals surface area (Å²) >= 11 is 7.48. The number of rotatable bonds is 3. The first-order chi connectivity index (χ1) is 11.7. The molecule has 4 rings (SSSR count). The van der Waals surface area contributed by atoms with Gasteiger partial charge in [0, 0.05) is 12.1 Å². The fraction of sp³-hybridized carbons (Fsp3) is 0.706. The maximum Gasteiger partial charge on any atom is 0.225 e. The van der Waals surface area contributed by atoms with Crippen LogP contribution in [0, 0.1) is 6.92 Å². The van der Waals surface area contributed by atoms with Gasteiger partial charge in [-0.25, -0.2) is 9.97 Å². The molecule has 2 fully saturated rings. The number of nitrogens with one attached hydrogen (secondary N) is 1. The number of halogens is 1. The SMILES string of the molecule is Cc1nsc2nc(Cl)nc(NC3CCC(N4CCCCC4)CC3)c12.